The van der Waals surface area contributed by atoms with E-state index >= 15 is 0 Å². The molecular weight excluding hydrogens is 446 g/mol. The Morgan fingerprint density at radius 2 is 2.07 bits per heavy atom. The van der Waals surface area contributed by atoms with E-state index in [-0.39, 0.29) is 0 Å². The number of nitrogens with one attached hydrogen (secondary N) is 1. The van der Waals surface area contributed by atoms with Gasteiger partial charge in [0, 0.05) is 39.2 Å². The van der Waals surface area contributed by atoms with Crippen molar-refractivity contribution in [2.75, 3.05) is 12.4 Å². The van der Waals surface area contributed by atoms with Crippen molar-refractivity contribution in [1.82, 2.24) is 9.55 Å². The van der Waals surface area contributed by atoms with Gasteiger partial charge < -0.3 is 14.6 Å². The number of aromatic nitrogens is 2. The van der Waals surface area contributed by atoms with E-state index in [9.17, 15) is 0 Å². The van der Waals surface area contributed by atoms with E-state index in [1.807, 2.05) is 48.1 Å². The van der Waals surface area contributed by atoms with Gasteiger partial charge in [0.25, 0.3) is 0 Å². The fourth-order valence-corrected chi connectivity index (χ4v) is 4.02. The molecule has 0 atom stereocenters. The first-order valence-corrected chi connectivity index (χ1v) is 10.2. The highest BCUT2D eigenvalue weighted by molar-refractivity contribution is 9.10. The number of methoxy groups -OCH3 is 1. The molecule has 0 aliphatic rings. The van der Waals surface area contributed by atoms with Crippen molar-refractivity contribution in [3.05, 3.63) is 75.8 Å². The number of rotatable bonds is 5. The molecule has 0 spiro atoms. The van der Waals surface area contributed by atoms with Gasteiger partial charge in [-0.15, -0.1) is 11.3 Å². The molecule has 0 aliphatic carbocycles. The van der Waals surface area contributed by atoms with Crippen LogP contribution < -0.4 is 10.1 Å². The molecule has 2 heterocycles. The Morgan fingerprint density at radius 3 is 2.81 bits per heavy atom. The molecule has 4 nitrogen and oxygen atoms in total. The number of nitrogens with zero attached hydrogens (tertiary/aromatic N) is 2. The van der Waals surface area contributed by atoms with Crippen LogP contribution in [0.5, 0.6) is 5.75 Å². The minimum atomic E-state index is 0.560. The van der Waals surface area contributed by atoms with Crippen LogP contribution in [-0.4, -0.2) is 16.7 Å². The Labute approximate surface area is 174 Å². The second-order valence-electron chi connectivity index (χ2n) is 5.80. The molecule has 0 radical (unpaired) electrons. The van der Waals surface area contributed by atoms with Gasteiger partial charge in [0.2, 0.25) is 0 Å². The Morgan fingerprint density at radius 1 is 1.19 bits per heavy atom. The normalized spacial score (nSPS) is 10.8. The van der Waals surface area contributed by atoms with Crippen molar-refractivity contribution in [3.63, 3.8) is 0 Å². The second kappa shape index (κ2) is 7.76. The summed E-state index contributed by atoms with van der Waals surface area (Å²) in [5.74, 6) is 0.649. The maximum absolute atomic E-state index is 6.19. The van der Waals surface area contributed by atoms with Crippen LogP contribution in [0.3, 0.4) is 0 Å². The minimum Gasteiger partial charge on any atom is -0.495 e. The fourth-order valence-electron chi connectivity index (χ4n) is 2.69. The average molecular weight is 461 g/mol. The molecule has 0 amide bonds. The van der Waals surface area contributed by atoms with Crippen LogP contribution in [0.15, 0.2) is 70.8 Å². The first-order chi connectivity index (χ1) is 13.1. The molecule has 0 unspecified atom stereocenters. The van der Waals surface area contributed by atoms with Crippen LogP contribution >= 0.6 is 38.9 Å². The summed E-state index contributed by atoms with van der Waals surface area (Å²) in [5, 5.41) is 6.70. The van der Waals surface area contributed by atoms with Crippen molar-refractivity contribution < 1.29 is 4.74 Å². The van der Waals surface area contributed by atoms with Crippen molar-refractivity contribution >= 4 is 49.7 Å². The predicted molar refractivity (Wildman–Crippen MR) is 116 cm³/mol. The highest BCUT2D eigenvalue weighted by Crippen LogP contribution is 2.32. The quantitative estimate of drug-likeness (QED) is 0.357. The lowest BCUT2D eigenvalue weighted by atomic mass is 10.1. The molecule has 0 saturated carbocycles. The number of hydrogen-bond acceptors (Lipinski definition) is 4. The molecular formula is C20H15BrClN3OS. The number of benzene rings is 2. The summed E-state index contributed by atoms with van der Waals surface area (Å²) < 4.78 is 8.30. The SMILES string of the molecule is COc1ccc(Nc2nc(-c3cccc(-n4ccc(Br)c4)c3)cs2)cc1Cl. The van der Waals surface area contributed by atoms with Gasteiger partial charge in [0.1, 0.15) is 5.75 Å². The third-order valence-electron chi connectivity index (χ3n) is 4.00. The van der Waals surface area contributed by atoms with Crippen molar-refractivity contribution in [2.45, 2.75) is 0 Å². The smallest absolute Gasteiger partial charge is 0.187 e. The summed E-state index contributed by atoms with van der Waals surface area (Å²) in [6, 6.07) is 15.9. The molecule has 2 aromatic heterocycles. The molecule has 4 aromatic rings. The number of ether oxygens (including phenoxy) is 1. The van der Waals surface area contributed by atoms with E-state index in [2.05, 4.69) is 44.0 Å². The van der Waals surface area contributed by atoms with Gasteiger partial charge in [-0.2, -0.15) is 0 Å². The number of hydrogen-bond donors (Lipinski definition) is 1. The van der Waals surface area contributed by atoms with Gasteiger partial charge in [-0.1, -0.05) is 23.7 Å². The van der Waals surface area contributed by atoms with E-state index in [1.54, 1.807) is 18.4 Å². The average Bonchev–Trinajstić information content (AvgIpc) is 3.31. The second-order valence-corrected chi connectivity index (χ2v) is 7.98. The maximum Gasteiger partial charge on any atom is 0.187 e. The lowest BCUT2D eigenvalue weighted by Gasteiger charge is -2.07. The van der Waals surface area contributed by atoms with Crippen LogP contribution in [0.1, 0.15) is 0 Å². The third kappa shape index (κ3) is 4.03. The van der Waals surface area contributed by atoms with Gasteiger partial charge in [0.05, 0.1) is 17.8 Å². The summed E-state index contributed by atoms with van der Waals surface area (Å²) >= 11 is 11.2. The van der Waals surface area contributed by atoms with Crippen LogP contribution in [0.2, 0.25) is 5.02 Å². The third-order valence-corrected chi connectivity index (χ3v) is 5.53. The first-order valence-electron chi connectivity index (χ1n) is 8.13. The monoisotopic (exact) mass is 459 g/mol. The minimum absolute atomic E-state index is 0.560. The first kappa shape index (κ1) is 18.1. The molecule has 1 N–H and O–H groups in total. The fraction of sp³-hybridized carbons (Fsp3) is 0.0500. The Balaban J connectivity index is 1.57. The highest BCUT2D eigenvalue weighted by Gasteiger charge is 2.08. The van der Waals surface area contributed by atoms with Crippen LogP contribution in [0.25, 0.3) is 16.9 Å². The zero-order valence-electron chi connectivity index (χ0n) is 14.3. The largest absolute Gasteiger partial charge is 0.495 e. The van der Waals surface area contributed by atoms with Gasteiger partial charge in [-0.05, 0) is 52.3 Å². The molecule has 0 fully saturated rings. The van der Waals surface area contributed by atoms with Gasteiger partial charge in [-0.3, -0.25) is 0 Å². The van der Waals surface area contributed by atoms with Crippen molar-refractivity contribution in [3.8, 4) is 22.7 Å². The van der Waals surface area contributed by atoms with Gasteiger partial charge in [-0.25, -0.2) is 4.98 Å². The molecule has 27 heavy (non-hydrogen) atoms. The summed E-state index contributed by atoms with van der Waals surface area (Å²) in [4.78, 5) is 4.70. The van der Waals surface area contributed by atoms with Crippen LogP contribution in [0, 0.1) is 0 Å². The Kier molecular flexibility index (Phi) is 5.20. The Hall–Kier alpha value is -2.28. The Bertz CT molecular complexity index is 1090. The maximum atomic E-state index is 6.19. The molecule has 0 aliphatic heterocycles. The number of thiazole rings is 1. The van der Waals surface area contributed by atoms with E-state index < -0.39 is 0 Å². The standard InChI is InChI=1S/C20H15BrClN3OS/c1-26-19-6-5-15(10-17(19)22)23-20-24-18(12-27-20)13-3-2-4-16(9-13)25-8-7-14(21)11-25/h2-12H,1H3,(H,23,24). The van der Waals surface area contributed by atoms with E-state index in [4.69, 9.17) is 21.3 Å². The van der Waals surface area contributed by atoms with Gasteiger partial charge in [0.15, 0.2) is 5.13 Å². The molecule has 7 heteroatoms. The molecule has 4 rings (SSSR count). The number of anilines is 2. The topological polar surface area (TPSA) is 39.1 Å². The molecule has 0 saturated heterocycles. The summed E-state index contributed by atoms with van der Waals surface area (Å²) in [6.07, 6.45) is 4.05. The van der Waals surface area contributed by atoms with E-state index in [1.165, 1.54) is 0 Å². The zero-order valence-corrected chi connectivity index (χ0v) is 17.5. The summed E-state index contributed by atoms with van der Waals surface area (Å²) in [5.41, 5.74) is 3.94. The molecule has 2 aromatic carbocycles. The highest BCUT2D eigenvalue weighted by atomic mass is 79.9. The molecule has 136 valence electrons. The summed E-state index contributed by atoms with van der Waals surface area (Å²) in [7, 11) is 1.60. The lowest BCUT2D eigenvalue weighted by Crippen LogP contribution is -1.92. The molecule has 0 bridgehead atoms. The van der Waals surface area contributed by atoms with Gasteiger partial charge >= 0.3 is 0 Å². The van der Waals surface area contributed by atoms with E-state index in [0.717, 1.165) is 32.2 Å². The lowest BCUT2D eigenvalue weighted by molar-refractivity contribution is 0.415. The van der Waals surface area contributed by atoms with Crippen molar-refractivity contribution in [1.29, 1.82) is 0 Å². The summed E-state index contributed by atoms with van der Waals surface area (Å²) in [6.45, 7) is 0. The predicted octanol–water partition coefficient (Wildman–Crippen LogP) is 6.77. The van der Waals surface area contributed by atoms with E-state index in [0.29, 0.717) is 10.8 Å². The zero-order chi connectivity index (χ0) is 18.8. The van der Waals surface area contributed by atoms with Crippen LogP contribution in [-0.2, 0) is 0 Å². The van der Waals surface area contributed by atoms with Crippen molar-refractivity contribution in [2.24, 2.45) is 0 Å². The number of halogens is 2. The van der Waals surface area contributed by atoms with Crippen LogP contribution in [0.4, 0.5) is 10.8 Å².